The molecule has 1 heterocycles. The Morgan fingerprint density at radius 1 is 1.38 bits per heavy atom. The summed E-state index contributed by atoms with van der Waals surface area (Å²) < 4.78 is 21.8. The first-order valence-corrected chi connectivity index (χ1v) is 7.66. The quantitative estimate of drug-likeness (QED) is 0.671. The molecule has 0 amide bonds. The lowest BCUT2D eigenvalue weighted by Gasteiger charge is -2.29. The molecule has 1 rings (SSSR count). The number of nitrogens with two attached hydrogens (primary N) is 1. The summed E-state index contributed by atoms with van der Waals surface area (Å²) >= 11 is 0. The van der Waals surface area contributed by atoms with E-state index in [0.29, 0.717) is 12.5 Å². The van der Waals surface area contributed by atoms with Gasteiger partial charge in [-0.05, 0) is 38.4 Å². The smallest absolute Gasteiger partial charge is 0.210 e. The Labute approximate surface area is 98.4 Å². The molecule has 6 heteroatoms. The molecule has 1 aliphatic heterocycles. The van der Waals surface area contributed by atoms with Gasteiger partial charge in [0, 0.05) is 13.1 Å². The summed E-state index contributed by atoms with van der Waals surface area (Å²) in [6.45, 7) is 6.66. The van der Waals surface area contributed by atoms with Crippen molar-refractivity contribution < 1.29 is 8.42 Å². The van der Waals surface area contributed by atoms with Crippen molar-refractivity contribution in [2.75, 3.05) is 38.5 Å². The predicted octanol–water partition coefficient (Wildman–Crippen LogP) is -0.404. The molecule has 1 saturated heterocycles. The van der Waals surface area contributed by atoms with Crippen molar-refractivity contribution in [3.05, 3.63) is 0 Å². The SMILES string of the molecule is CCN(CCS(N)(=O)=O)CC1CCNCC1. The van der Waals surface area contributed by atoms with Crippen molar-refractivity contribution >= 4 is 10.0 Å². The molecule has 0 atom stereocenters. The normalized spacial score (nSPS) is 19.2. The van der Waals surface area contributed by atoms with Crippen LogP contribution < -0.4 is 10.5 Å². The molecule has 0 aromatic heterocycles. The van der Waals surface area contributed by atoms with Crippen LogP contribution in [0.5, 0.6) is 0 Å². The van der Waals surface area contributed by atoms with Gasteiger partial charge in [0.25, 0.3) is 0 Å². The number of primary sulfonamides is 1. The van der Waals surface area contributed by atoms with Crippen LogP contribution in [0.4, 0.5) is 0 Å². The minimum absolute atomic E-state index is 0.0613. The lowest BCUT2D eigenvalue weighted by molar-refractivity contribution is 0.223. The lowest BCUT2D eigenvalue weighted by atomic mass is 9.97. The molecule has 0 aromatic rings. The summed E-state index contributed by atoms with van der Waals surface area (Å²) in [5, 5.41) is 8.34. The van der Waals surface area contributed by atoms with Crippen LogP contribution in [0.25, 0.3) is 0 Å². The first kappa shape index (κ1) is 13.9. The van der Waals surface area contributed by atoms with Crippen LogP contribution in [0.3, 0.4) is 0 Å². The molecule has 5 nitrogen and oxygen atoms in total. The zero-order valence-corrected chi connectivity index (χ0v) is 10.8. The van der Waals surface area contributed by atoms with Gasteiger partial charge in [-0.25, -0.2) is 13.6 Å². The molecule has 1 fully saturated rings. The largest absolute Gasteiger partial charge is 0.317 e. The third kappa shape index (κ3) is 5.79. The van der Waals surface area contributed by atoms with E-state index in [-0.39, 0.29) is 5.75 Å². The molecular weight excluding hydrogens is 226 g/mol. The van der Waals surface area contributed by atoms with Crippen molar-refractivity contribution in [1.29, 1.82) is 0 Å². The second-order valence-corrected chi connectivity index (χ2v) is 6.19. The van der Waals surface area contributed by atoms with Crippen molar-refractivity contribution in [3.63, 3.8) is 0 Å². The van der Waals surface area contributed by atoms with Gasteiger partial charge in [-0.15, -0.1) is 0 Å². The van der Waals surface area contributed by atoms with E-state index in [9.17, 15) is 8.42 Å². The number of nitrogens with zero attached hydrogens (tertiary/aromatic N) is 1. The van der Waals surface area contributed by atoms with Crippen molar-refractivity contribution in [2.45, 2.75) is 19.8 Å². The Balaban J connectivity index is 2.30. The van der Waals surface area contributed by atoms with Gasteiger partial charge in [-0.2, -0.15) is 0 Å². The van der Waals surface area contributed by atoms with Crippen LogP contribution in [0.1, 0.15) is 19.8 Å². The zero-order chi connectivity index (χ0) is 12.0. The summed E-state index contributed by atoms with van der Waals surface area (Å²) in [7, 11) is -3.32. The van der Waals surface area contributed by atoms with Gasteiger partial charge in [0.05, 0.1) is 5.75 Å². The summed E-state index contributed by atoms with van der Waals surface area (Å²) in [5.41, 5.74) is 0. The van der Waals surface area contributed by atoms with E-state index in [1.165, 1.54) is 12.8 Å². The summed E-state index contributed by atoms with van der Waals surface area (Å²) in [4.78, 5) is 2.18. The maximum atomic E-state index is 10.9. The predicted molar refractivity (Wildman–Crippen MR) is 65.7 cm³/mol. The van der Waals surface area contributed by atoms with E-state index >= 15 is 0 Å². The maximum Gasteiger partial charge on any atom is 0.210 e. The number of piperidine rings is 1. The number of nitrogens with one attached hydrogen (secondary N) is 1. The second kappa shape index (κ2) is 6.54. The Hall–Kier alpha value is -0.170. The molecule has 0 radical (unpaired) electrons. The molecule has 1 aliphatic rings. The average molecular weight is 249 g/mol. The molecule has 0 saturated carbocycles. The van der Waals surface area contributed by atoms with Crippen molar-refractivity contribution in [2.24, 2.45) is 11.1 Å². The Morgan fingerprint density at radius 2 is 2.00 bits per heavy atom. The Bertz CT molecular complexity index is 286. The molecular formula is C10H23N3O2S. The fourth-order valence-corrected chi connectivity index (χ4v) is 2.58. The number of hydrogen-bond acceptors (Lipinski definition) is 4. The van der Waals surface area contributed by atoms with Crippen LogP contribution in [0, 0.1) is 5.92 Å². The summed E-state index contributed by atoms with van der Waals surface area (Å²) in [6, 6.07) is 0. The van der Waals surface area contributed by atoms with Crippen LogP contribution in [-0.4, -0.2) is 51.8 Å². The summed E-state index contributed by atoms with van der Waals surface area (Å²) in [6.07, 6.45) is 2.37. The van der Waals surface area contributed by atoms with E-state index in [4.69, 9.17) is 5.14 Å². The van der Waals surface area contributed by atoms with E-state index in [2.05, 4.69) is 17.1 Å². The van der Waals surface area contributed by atoms with Gasteiger partial charge >= 0.3 is 0 Å². The minimum Gasteiger partial charge on any atom is -0.317 e. The average Bonchev–Trinajstić information content (AvgIpc) is 2.24. The molecule has 0 unspecified atom stereocenters. The van der Waals surface area contributed by atoms with Crippen molar-refractivity contribution in [3.8, 4) is 0 Å². The molecule has 96 valence electrons. The molecule has 16 heavy (non-hydrogen) atoms. The van der Waals surface area contributed by atoms with Gasteiger partial charge < -0.3 is 10.2 Å². The van der Waals surface area contributed by atoms with Gasteiger partial charge in [0.15, 0.2) is 0 Å². The lowest BCUT2D eigenvalue weighted by Crippen LogP contribution is -2.38. The van der Waals surface area contributed by atoms with Gasteiger partial charge in [-0.1, -0.05) is 6.92 Å². The monoisotopic (exact) mass is 249 g/mol. The Kier molecular flexibility index (Phi) is 5.68. The first-order chi connectivity index (χ1) is 7.51. The van der Waals surface area contributed by atoms with Gasteiger partial charge in [0.1, 0.15) is 0 Å². The third-order valence-corrected chi connectivity index (χ3v) is 3.87. The second-order valence-electron chi connectivity index (χ2n) is 4.45. The van der Waals surface area contributed by atoms with E-state index in [1.807, 2.05) is 0 Å². The number of sulfonamides is 1. The molecule has 0 bridgehead atoms. The standard InChI is InChI=1S/C10H23N3O2S/c1-2-13(7-8-16(11,14)15)9-10-3-5-12-6-4-10/h10,12H,2-9H2,1H3,(H2,11,14,15). The van der Waals surface area contributed by atoms with E-state index < -0.39 is 10.0 Å². The Morgan fingerprint density at radius 3 is 2.50 bits per heavy atom. The van der Waals surface area contributed by atoms with Crippen LogP contribution in [0.2, 0.25) is 0 Å². The highest BCUT2D eigenvalue weighted by Gasteiger charge is 2.17. The zero-order valence-electron chi connectivity index (χ0n) is 9.98. The van der Waals surface area contributed by atoms with Crippen molar-refractivity contribution in [1.82, 2.24) is 10.2 Å². The fourth-order valence-electron chi connectivity index (χ4n) is 2.06. The highest BCUT2D eigenvalue weighted by molar-refractivity contribution is 7.89. The number of rotatable bonds is 6. The van der Waals surface area contributed by atoms with Crippen LogP contribution in [-0.2, 0) is 10.0 Å². The highest BCUT2D eigenvalue weighted by Crippen LogP contribution is 2.13. The number of hydrogen-bond donors (Lipinski definition) is 2. The topological polar surface area (TPSA) is 75.4 Å². The molecule has 0 aromatic carbocycles. The van der Waals surface area contributed by atoms with Crippen LogP contribution >= 0.6 is 0 Å². The molecule has 0 spiro atoms. The summed E-state index contributed by atoms with van der Waals surface area (Å²) in [5.74, 6) is 0.757. The first-order valence-electron chi connectivity index (χ1n) is 5.95. The highest BCUT2D eigenvalue weighted by atomic mass is 32.2. The van der Waals surface area contributed by atoms with E-state index in [1.54, 1.807) is 0 Å². The maximum absolute atomic E-state index is 10.9. The van der Waals surface area contributed by atoms with E-state index in [0.717, 1.165) is 26.2 Å². The molecule has 3 N–H and O–H groups in total. The fraction of sp³-hybridized carbons (Fsp3) is 1.00. The van der Waals surface area contributed by atoms with Crippen LogP contribution in [0.15, 0.2) is 0 Å². The van der Waals surface area contributed by atoms with Gasteiger partial charge in [-0.3, -0.25) is 0 Å². The third-order valence-electron chi connectivity index (χ3n) is 3.11. The van der Waals surface area contributed by atoms with Gasteiger partial charge in [0.2, 0.25) is 10.0 Å². The molecule has 0 aliphatic carbocycles. The minimum atomic E-state index is -3.32.